The van der Waals surface area contributed by atoms with Gasteiger partial charge in [0.1, 0.15) is 6.04 Å². The van der Waals surface area contributed by atoms with Crippen LogP contribution in [0, 0.1) is 22.2 Å². The first-order valence-electron chi connectivity index (χ1n) is 10.7. The van der Waals surface area contributed by atoms with E-state index in [2.05, 4.69) is 5.32 Å². The fraction of sp³-hybridized carbons (Fsp3) is 0.609. The van der Waals surface area contributed by atoms with Crippen molar-refractivity contribution in [1.82, 2.24) is 10.2 Å². The molecule has 0 saturated carbocycles. The Bertz CT molecular complexity index is 938. The molecule has 1 spiro atoms. The van der Waals surface area contributed by atoms with E-state index in [4.69, 9.17) is 5.26 Å². The fourth-order valence-corrected chi connectivity index (χ4v) is 4.79. The van der Waals surface area contributed by atoms with Crippen molar-refractivity contribution in [1.29, 1.82) is 5.26 Å². The number of hydrogen-bond donors (Lipinski definition) is 1. The number of benzene rings is 1. The number of nitrogens with zero attached hydrogens (tertiary/aromatic N) is 3. The van der Waals surface area contributed by atoms with Crippen LogP contribution in [0.3, 0.4) is 0 Å². The number of anilines is 1. The zero-order valence-electron chi connectivity index (χ0n) is 18.8. The smallest absolute Gasteiger partial charge is 0.359 e. The molecule has 3 rings (SSSR count). The molecule has 32 heavy (non-hydrogen) atoms. The molecule has 9 heteroatoms. The monoisotopic (exact) mass is 450 g/mol. The average molecular weight is 451 g/mol. The number of alkyl halides is 3. The molecule has 1 N–H and O–H groups in total. The normalized spacial score (nSPS) is 20.9. The highest BCUT2D eigenvalue weighted by molar-refractivity contribution is 5.86. The van der Waals surface area contributed by atoms with E-state index < -0.39 is 28.8 Å². The number of hydrogen-bond acceptors (Lipinski definition) is 4. The predicted octanol–water partition coefficient (Wildman–Crippen LogP) is 3.56. The lowest BCUT2D eigenvalue weighted by atomic mass is 9.76. The van der Waals surface area contributed by atoms with Crippen LogP contribution in [0.5, 0.6) is 0 Å². The van der Waals surface area contributed by atoms with Crippen molar-refractivity contribution in [3.8, 4) is 6.07 Å². The number of amides is 2. The first-order chi connectivity index (χ1) is 14.8. The van der Waals surface area contributed by atoms with Gasteiger partial charge >= 0.3 is 6.18 Å². The molecule has 6 nitrogen and oxygen atoms in total. The third kappa shape index (κ3) is 4.54. The number of likely N-dealkylation sites (tertiary alicyclic amines) is 1. The summed E-state index contributed by atoms with van der Waals surface area (Å²) in [5, 5.41) is 11.7. The molecule has 0 radical (unpaired) electrons. The Balaban J connectivity index is 1.89. The molecule has 0 aromatic heterocycles. The van der Waals surface area contributed by atoms with Gasteiger partial charge in [-0.05, 0) is 42.9 Å². The maximum Gasteiger partial charge on any atom is 0.417 e. The van der Waals surface area contributed by atoms with Crippen LogP contribution in [-0.2, 0) is 15.8 Å². The molecule has 1 atom stereocenters. The van der Waals surface area contributed by atoms with E-state index in [1.165, 1.54) is 13.1 Å². The fourth-order valence-electron chi connectivity index (χ4n) is 4.79. The Morgan fingerprint density at radius 1 is 1.19 bits per heavy atom. The van der Waals surface area contributed by atoms with Gasteiger partial charge in [0.25, 0.3) is 0 Å². The third-order valence-corrected chi connectivity index (χ3v) is 6.57. The molecule has 0 aliphatic carbocycles. The van der Waals surface area contributed by atoms with E-state index in [9.17, 15) is 22.8 Å². The van der Waals surface area contributed by atoms with Gasteiger partial charge in [-0.15, -0.1) is 0 Å². The summed E-state index contributed by atoms with van der Waals surface area (Å²) >= 11 is 0. The molecule has 1 aromatic rings. The van der Waals surface area contributed by atoms with Crippen LogP contribution in [0.4, 0.5) is 18.9 Å². The second-order valence-corrected chi connectivity index (χ2v) is 9.84. The number of nitriles is 1. The number of nitrogens with one attached hydrogen (secondary N) is 1. The van der Waals surface area contributed by atoms with Gasteiger partial charge in [-0.1, -0.05) is 20.8 Å². The summed E-state index contributed by atoms with van der Waals surface area (Å²) in [6.07, 6.45) is -2.80. The summed E-state index contributed by atoms with van der Waals surface area (Å²) in [6.45, 7) is 7.17. The molecule has 2 heterocycles. The molecule has 174 valence electrons. The highest BCUT2D eigenvalue weighted by Gasteiger charge is 2.49. The molecule has 0 bridgehead atoms. The Morgan fingerprint density at radius 3 is 2.31 bits per heavy atom. The summed E-state index contributed by atoms with van der Waals surface area (Å²) in [6, 6.07) is 4.58. The highest BCUT2D eigenvalue weighted by Crippen LogP contribution is 2.46. The number of carbonyl (C=O) groups excluding carboxylic acids is 2. The van der Waals surface area contributed by atoms with Gasteiger partial charge < -0.3 is 15.1 Å². The number of carbonyl (C=O) groups is 2. The van der Waals surface area contributed by atoms with Crippen molar-refractivity contribution in [2.24, 2.45) is 10.8 Å². The Morgan fingerprint density at radius 2 is 1.81 bits per heavy atom. The molecule has 2 saturated heterocycles. The topological polar surface area (TPSA) is 76.4 Å². The predicted molar refractivity (Wildman–Crippen MR) is 114 cm³/mol. The molecule has 1 unspecified atom stereocenters. The molecular weight excluding hydrogens is 421 g/mol. The second-order valence-electron chi connectivity index (χ2n) is 9.84. The van der Waals surface area contributed by atoms with Crippen molar-refractivity contribution < 1.29 is 22.8 Å². The van der Waals surface area contributed by atoms with Crippen LogP contribution in [-0.4, -0.2) is 49.4 Å². The van der Waals surface area contributed by atoms with Crippen LogP contribution < -0.4 is 10.2 Å². The minimum atomic E-state index is -4.67. The van der Waals surface area contributed by atoms with E-state index in [0.717, 1.165) is 12.1 Å². The van der Waals surface area contributed by atoms with E-state index in [1.807, 2.05) is 25.7 Å². The largest absolute Gasteiger partial charge is 0.417 e. The molecule has 2 aliphatic heterocycles. The van der Waals surface area contributed by atoms with Gasteiger partial charge in [0.05, 0.1) is 17.2 Å². The maximum absolute atomic E-state index is 13.5. The van der Waals surface area contributed by atoms with E-state index >= 15 is 0 Å². The molecule has 2 aliphatic rings. The first-order valence-corrected chi connectivity index (χ1v) is 10.7. The lowest BCUT2D eigenvalue weighted by Crippen LogP contribution is -2.47. The van der Waals surface area contributed by atoms with Crippen molar-refractivity contribution in [3.05, 3.63) is 29.3 Å². The number of rotatable bonds is 2. The summed E-state index contributed by atoms with van der Waals surface area (Å²) in [7, 11) is 1.51. The Hall–Kier alpha value is -2.76. The molecule has 2 fully saturated rings. The minimum Gasteiger partial charge on any atom is -0.359 e. The standard InChI is InChI=1S/C23H29F3N4O2/c1-21(2,3)20(32)29-9-7-22(8-10-29)12-18(19(31)28-4)30(14-22)16-6-5-15(13-27)17(11-16)23(24,25)26/h5-6,11,18H,7-10,12,14H2,1-4H3,(H,28,31). The molecule has 2 amide bonds. The average Bonchev–Trinajstić information content (AvgIpc) is 3.10. The quantitative estimate of drug-likeness (QED) is 0.748. The van der Waals surface area contributed by atoms with E-state index in [-0.39, 0.29) is 22.9 Å². The maximum atomic E-state index is 13.5. The third-order valence-electron chi connectivity index (χ3n) is 6.57. The van der Waals surface area contributed by atoms with Gasteiger partial charge in [0, 0.05) is 37.8 Å². The van der Waals surface area contributed by atoms with Gasteiger partial charge in [0.2, 0.25) is 11.8 Å². The SMILES string of the molecule is CNC(=O)C1CC2(CCN(C(=O)C(C)(C)C)CC2)CN1c1ccc(C#N)c(C(F)(F)F)c1. The number of halogens is 3. The molecular formula is C23H29F3N4O2. The van der Waals surface area contributed by atoms with Crippen molar-refractivity contribution in [2.45, 2.75) is 52.3 Å². The van der Waals surface area contributed by atoms with Crippen molar-refractivity contribution in [3.63, 3.8) is 0 Å². The summed E-state index contributed by atoms with van der Waals surface area (Å²) < 4.78 is 40.5. The second kappa shape index (κ2) is 8.30. The van der Waals surface area contributed by atoms with Gasteiger partial charge in [-0.2, -0.15) is 18.4 Å². The summed E-state index contributed by atoms with van der Waals surface area (Å²) in [5.41, 5.74) is -1.92. The highest BCUT2D eigenvalue weighted by atomic mass is 19.4. The van der Waals surface area contributed by atoms with Crippen LogP contribution in [0.25, 0.3) is 0 Å². The van der Waals surface area contributed by atoms with Crippen LogP contribution >= 0.6 is 0 Å². The zero-order valence-corrected chi connectivity index (χ0v) is 18.8. The Kier molecular flexibility index (Phi) is 6.20. The van der Waals surface area contributed by atoms with E-state index in [1.54, 1.807) is 11.0 Å². The zero-order chi connectivity index (χ0) is 23.9. The summed E-state index contributed by atoms with van der Waals surface area (Å²) in [4.78, 5) is 28.8. The van der Waals surface area contributed by atoms with Gasteiger partial charge in [-0.3, -0.25) is 9.59 Å². The lowest BCUT2D eigenvalue weighted by molar-refractivity contribution is -0.142. The van der Waals surface area contributed by atoms with Crippen LogP contribution in [0.1, 0.15) is 51.2 Å². The van der Waals surface area contributed by atoms with Gasteiger partial charge in [-0.25, -0.2) is 0 Å². The number of likely N-dealkylation sites (N-methyl/N-ethyl adjacent to an activating group) is 1. The number of piperidine rings is 1. The molecule has 1 aromatic carbocycles. The van der Waals surface area contributed by atoms with Crippen molar-refractivity contribution >= 4 is 17.5 Å². The van der Waals surface area contributed by atoms with Crippen molar-refractivity contribution in [2.75, 3.05) is 31.6 Å². The minimum absolute atomic E-state index is 0.0759. The Labute approximate surface area is 186 Å². The lowest BCUT2D eigenvalue weighted by Gasteiger charge is -2.41. The van der Waals surface area contributed by atoms with E-state index in [0.29, 0.717) is 38.9 Å². The van der Waals surface area contributed by atoms with Crippen LogP contribution in [0.2, 0.25) is 0 Å². The van der Waals surface area contributed by atoms with Gasteiger partial charge in [0.15, 0.2) is 0 Å². The summed E-state index contributed by atoms with van der Waals surface area (Å²) in [5.74, 6) is -0.181. The first kappa shape index (κ1) is 23.9. The van der Waals surface area contributed by atoms with Crippen LogP contribution in [0.15, 0.2) is 18.2 Å².